The van der Waals surface area contributed by atoms with Crippen LogP contribution in [0.4, 0.5) is 0 Å². The number of phenolic OH excluding ortho intramolecular Hbond substituents is 1. The molecule has 1 atom stereocenters. The van der Waals surface area contributed by atoms with Gasteiger partial charge in [0.15, 0.2) is 0 Å². The fraction of sp³-hybridized carbons (Fsp3) is 0.250. The molecule has 0 bridgehead atoms. The molecule has 18 heavy (non-hydrogen) atoms. The molecule has 2 nitrogen and oxygen atoms in total. The Kier molecular flexibility index (Phi) is 5.95. The number of nitrogens with zero attached hydrogens (tertiary/aromatic N) is 1. The minimum atomic E-state index is 0.241. The van der Waals surface area contributed by atoms with Crippen LogP contribution in [0.1, 0.15) is 5.56 Å². The van der Waals surface area contributed by atoms with E-state index in [0.717, 1.165) is 19.5 Å². The molecule has 0 aliphatic heterocycles. The van der Waals surface area contributed by atoms with Crippen molar-refractivity contribution in [1.82, 2.24) is 4.90 Å². The minimum Gasteiger partial charge on any atom is -0.508 e. The molecule has 0 saturated carbocycles. The lowest BCUT2D eigenvalue weighted by Crippen LogP contribution is -2.35. The van der Waals surface area contributed by atoms with Gasteiger partial charge >= 0.3 is 0 Å². The number of rotatable bonds is 8. The summed E-state index contributed by atoms with van der Waals surface area (Å²) in [4.78, 5) is 2.25. The van der Waals surface area contributed by atoms with Gasteiger partial charge in [-0.2, -0.15) is 0 Å². The standard InChI is InChI=1S/C16H21NO/c1-4-11-17(12-5-2)15(6-3)13-14-7-9-16(18)10-8-14/h4-10,15,18H,1-3,11-13H2/t15-/m1/s1. The number of aromatic hydroxyl groups is 1. The summed E-state index contributed by atoms with van der Waals surface area (Å²) in [6.07, 6.45) is 6.58. The first-order chi connectivity index (χ1) is 8.71. The molecule has 2 heteroatoms. The van der Waals surface area contributed by atoms with Crippen molar-refractivity contribution in [3.8, 4) is 5.75 Å². The summed E-state index contributed by atoms with van der Waals surface area (Å²) in [6.45, 7) is 13.1. The molecule has 0 fully saturated rings. The average molecular weight is 243 g/mol. The van der Waals surface area contributed by atoms with Gasteiger partial charge in [-0.3, -0.25) is 4.90 Å². The number of phenols is 1. The van der Waals surface area contributed by atoms with E-state index in [1.54, 1.807) is 12.1 Å². The van der Waals surface area contributed by atoms with Crippen molar-refractivity contribution in [2.45, 2.75) is 12.5 Å². The molecule has 0 aromatic heterocycles. The fourth-order valence-electron chi connectivity index (χ4n) is 1.91. The van der Waals surface area contributed by atoms with Crippen LogP contribution in [0.3, 0.4) is 0 Å². The summed E-state index contributed by atoms with van der Waals surface area (Å²) >= 11 is 0. The number of hydrogen-bond acceptors (Lipinski definition) is 2. The van der Waals surface area contributed by atoms with Crippen molar-refractivity contribution in [2.75, 3.05) is 13.1 Å². The molecule has 1 aromatic rings. The summed E-state index contributed by atoms with van der Waals surface area (Å²) in [5, 5.41) is 9.27. The molecule has 0 aliphatic carbocycles. The highest BCUT2D eigenvalue weighted by atomic mass is 16.3. The maximum atomic E-state index is 9.27. The Morgan fingerprint density at radius 1 is 1.06 bits per heavy atom. The van der Waals surface area contributed by atoms with E-state index in [1.807, 2.05) is 30.4 Å². The first kappa shape index (κ1) is 14.3. The molecule has 0 radical (unpaired) electrons. The molecule has 96 valence electrons. The van der Waals surface area contributed by atoms with E-state index in [4.69, 9.17) is 0 Å². The third kappa shape index (κ3) is 4.22. The van der Waals surface area contributed by atoms with E-state index in [2.05, 4.69) is 24.6 Å². The molecule has 0 aliphatic rings. The zero-order valence-corrected chi connectivity index (χ0v) is 10.8. The maximum Gasteiger partial charge on any atom is 0.115 e. The van der Waals surface area contributed by atoms with Crippen LogP contribution >= 0.6 is 0 Å². The summed E-state index contributed by atoms with van der Waals surface area (Å²) in [5.41, 5.74) is 1.18. The molecule has 0 unspecified atom stereocenters. The lowest BCUT2D eigenvalue weighted by Gasteiger charge is -2.27. The maximum absolute atomic E-state index is 9.27. The van der Waals surface area contributed by atoms with Crippen LogP contribution in [0.2, 0.25) is 0 Å². The molecular formula is C16H21NO. The summed E-state index contributed by atoms with van der Waals surface area (Å²) < 4.78 is 0. The molecule has 1 aromatic carbocycles. The van der Waals surface area contributed by atoms with Gasteiger partial charge in [-0.15, -0.1) is 19.7 Å². The van der Waals surface area contributed by atoms with E-state index in [1.165, 1.54) is 5.56 Å². The molecular weight excluding hydrogens is 222 g/mol. The van der Waals surface area contributed by atoms with Gasteiger partial charge in [-0.05, 0) is 24.1 Å². The number of hydrogen-bond donors (Lipinski definition) is 1. The van der Waals surface area contributed by atoms with Gasteiger partial charge in [-0.25, -0.2) is 0 Å². The Morgan fingerprint density at radius 2 is 1.61 bits per heavy atom. The SMILES string of the molecule is C=CCN(CC=C)[C@H](C=C)Cc1ccc(O)cc1. The Morgan fingerprint density at radius 3 is 2.06 bits per heavy atom. The second-order valence-corrected chi connectivity index (χ2v) is 4.20. The molecule has 1 N–H and O–H groups in total. The van der Waals surface area contributed by atoms with Gasteiger partial charge in [0.25, 0.3) is 0 Å². The summed E-state index contributed by atoms with van der Waals surface area (Å²) in [6, 6.07) is 7.53. The van der Waals surface area contributed by atoms with E-state index in [9.17, 15) is 5.11 Å². The van der Waals surface area contributed by atoms with Gasteiger partial charge in [0.1, 0.15) is 5.75 Å². The third-order valence-corrected chi connectivity index (χ3v) is 2.85. The van der Waals surface area contributed by atoms with Crippen molar-refractivity contribution in [2.24, 2.45) is 0 Å². The first-order valence-corrected chi connectivity index (χ1v) is 6.07. The Bertz CT molecular complexity index is 384. The monoisotopic (exact) mass is 243 g/mol. The molecule has 0 amide bonds. The predicted octanol–water partition coefficient (Wildman–Crippen LogP) is 3.16. The normalized spacial score (nSPS) is 12.1. The van der Waals surface area contributed by atoms with Crippen molar-refractivity contribution in [3.63, 3.8) is 0 Å². The van der Waals surface area contributed by atoms with Crippen LogP contribution in [0.5, 0.6) is 5.75 Å². The van der Waals surface area contributed by atoms with E-state index in [0.29, 0.717) is 5.75 Å². The average Bonchev–Trinajstić information content (AvgIpc) is 2.38. The Balaban J connectivity index is 2.74. The van der Waals surface area contributed by atoms with E-state index >= 15 is 0 Å². The Labute approximate surface area is 110 Å². The largest absolute Gasteiger partial charge is 0.508 e. The van der Waals surface area contributed by atoms with Crippen LogP contribution in [0, 0.1) is 0 Å². The van der Waals surface area contributed by atoms with Gasteiger partial charge < -0.3 is 5.11 Å². The molecule has 1 rings (SSSR count). The van der Waals surface area contributed by atoms with Crippen molar-refractivity contribution < 1.29 is 5.11 Å². The summed E-state index contributed by atoms with van der Waals surface area (Å²) in [5.74, 6) is 0.294. The topological polar surface area (TPSA) is 23.5 Å². The minimum absolute atomic E-state index is 0.241. The van der Waals surface area contributed by atoms with Gasteiger partial charge in [0.2, 0.25) is 0 Å². The highest BCUT2D eigenvalue weighted by Crippen LogP contribution is 2.14. The zero-order valence-electron chi connectivity index (χ0n) is 10.8. The highest BCUT2D eigenvalue weighted by molar-refractivity contribution is 5.27. The van der Waals surface area contributed by atoms with Crippen LogP contribution < -0.4 is 0 Å². The van der Waals surface area contributed by atoms with Gasteiger partial charge in [0.05, 0.1) is 0 Å². The van der Waals surface area contributed by atoms with Gasteiger partial charge in [-0.1, -0.05) is 30.4 Å². The van der Waals surface area contributed by atoms with Crippen molar-refractivity contribution in [3.05, 3.63) is 67.8 Å². The second kappa shape index (κ2) is 7.51. The fourth-order valence-corrected chi connectivity index (χ4v) is 1.91. The Hall–Kier alpha value is -1.80. The lowest BCUT2D eigenvalue weighted by atomic mass is 10.0. The van der Waals surface area contributed by atoms with Crippen LogP contribution in [0.15, 0.2) is 62.2 Å². The lowest BCUT2D eigenvalue weighted by molar-refractivity contribution is 0.279. The van der Waals surface area contributed by atoms with Crippen LogP contribution in [-0.2, 0) is 6.42 Å². The molecule has 0 spiro atoms. The van der Waals surface area contributed by atoms with Crippen molar-refractivity contribution in [1.29, 1.82) is 0 Å². The van der Waals surface area contributed by atoms with Gasteiger partial charge in [0, 0.05) is 19.1 Å². The highest BCUT2D eigenvalue weighted by Gasteiger charge is 2.13. The van der Waals surface area contributed by atoms with E-state index in [-0.39, 0.29) is 6.04 Å². The predicted molar refractivity (Wildman–Crippen MR) is 77.8 cm³/mol. The van der Waals surface area contributed by atoms with Crippen LogP contribution in [-0.4, -0.2) is 29.1 Å². The quantitative estimate of drug-likeness (QED) is 0.709. The first-order valence-electron chi connectivity index (χ1n) is 6.07. The molecule has 0 heterocycles. The van der Waals surface area contributed by atoms with E-state index < -0.39 is 0 Å². The number of benzene rings is 1. The molecule has 0 saturated heterocycles. The third-order valence-electron chi connectivity index (χ3n) is 2.85. The van der Waals surface area contributed by atoms with Crippen molar-refractivity contribution >= 4 is 0 Å². The zero-order chi connectivity index (χ0) is 13.4. The second-order valence-electron chi connectivity index (χ2n) is 4.20. The summed E-state index contributed by atoms with van der Waals surface area (Å²) in [7, 11) is 0. The van der Waals surface area contributed by atoms with Crippen LogP contribution in [0.25, 0.3) is 0 Å². The smallest absolute Gasteiger partial charge is 0.115 e.